The molecule has 0 aliphatic carbocycles. The molecule has 12 nitrogen and oxygen atoms in total. The number of hydrogen-bond donors (Lipinski definition) is 2. The lowest BCUT2D eigenvalue weighted by Gasteiger charge is -2.18. The number of para-hydroxylation sites is 2. The van der Waals surface area contributed by atoms with Gasteiger partial charge in [-0.05, 0) is 59.7 Å². The van der Waals surface area contributed by atoms with Crippen LogP contribution in [0.5, 0.6) is 28.9 Å². The molecule has 0 unspecified atom stereocenters. The van der Waals surface area contributed by atoms with Crippen molar-refractivity contribution in [3.8, 4) is 61.8 Å². The second-order valence-electron chi connectivity index (χ2n) is 12.1. The van der Waals surface area contributed by atoms with Gasteiger partial charge in [-0.1, -0.05) is 54.1 Å². The van der Waals surface area contributed by atoms with Crippen LogP contribution < -0.4 is 18.9 Å². The molecule has 4 aromatic carbocycles. The zero-order valence-corrected chi connectivity index (χ0v) is 31.4. The van der Waals surface area contributed by atoms with Gasteiger partial charge in [0.05, 0.1) is 23.8 Å². The van der Waals surface area contributed by atoms with Crippen molar-refractivity contribution in [1.29, 1.82) is 0 Å². The second kappa shape index (κ2) is 17.0. The Morgan fingerprint density at radius 1 is 0.893 bits per heavy atom. The van der Waals surface area contributed by atoms with E-state index in [1.807, 2.05) is 24.3 Å². The van der Waals surface area contributed by atoms with Crippen molar-refractivity contribution in [2.75, 3.05) is 21.0 Å². The van der Waals surface area contributed by atoms with Crippen LogP contribution in [0, 0.1) is 5.82 Å². The van der Waals surface area contributed by atoms with Gasteiger partial charge in [0.2, 0.25) is 12.0 Å². The number of carbonyl (C=O) groups is 1. The van der Waals surface area contributed by atoms with Crippen LogP contribution in [0.15, 0.2) is 104 Å². The Hall–Kier alpha value is -6.35. The lowest BCUT2D eigenvalue weighted by atomic mass is 9.98. The van der Waals surface area contributed by atoms with E-state index in [9.17, 15) is 19.4 Å². The Morgan fingerprint density at radius 2 is 1.66 bits per heavy atom. The monoisotopic (exact) mass is 794 g/mol. The molecule has 0 spiro atoms. The van der Waals surface area contributed by atoms with Crippen LogP contribution in [0.4, 0.5) is 4.39 Å². The summed E-state index contributed by atoms with van der Waals surface area (Å²) in [5.74, 6) is -0.338. The molecule has 0 amide bonds. The molecular weight excluding hydrogens is 763 g/mol. The second-order valence-corrected chi connectivity index (χ2v) is 13.5. The minimum atomic E-state index is -1.44. The van der Waals surface area contributed by atoms with Crippen molar-refractivity contribution in [3.05, 3.63) is 126 Å². The normalized spacial score (nSPS) is 11.6. The predicted molar refractivity (Wildman–Crippen MR) is 208 cm³/mol. The summed E-state index contributed by atoms with van der Waals surface area (Å²) in [6, 6.07) is 25.0. The molecule has 15 heteroatoms. The van der Waals surface area contributed by atoms with Crippen LogP contribution in [-0.2, 0) is 22.6 Å². The van der Waals surface area contributed by atoms with Gasteiger partial charge >= 0.3 is 5.97 Å². The molecule has 7 aromatic rings. The number of aromatic nitrogens is 4. The Morgan fingerprint density at radius 3 is 2.43 bits per heavy atom. The molecular formula is C41H32ClFN4O8S. The molecule has 2 N–H and O–H groups in total. The molecule has 0 aliphatic heterocycles. The van der Waals surface area contributed by atoms with Gasteiger partial charge in [0.15, 0.2) is 18.4 Å². The quantitative estimate of drug-likeness (QED) is 0.0955. The number of rotatable bonds is 15. The number of benzene rings is 4. The van der Waals surface area contributed by atoms with Gasteiger partial charge in [-0.2, -0.15) is 0 Å². The van der Waals surface area contributed by atoms with E-state index in [1.165, 1.54) is 43.0 Å². The van der Waals surface area contributed by atoms with Crippen molar-refractivity contribution in [1.82, 2.24) is 19.9 Å². The number of aliphatic carboxylic acids is 1. The number of halogens is 2. The van der Waals surface area contributed by atoms with Crippen LogP contribution in [0.2, 0.25) is 5.02 Å². The summed E-state index contributed by atoms with van der Waals surface area (Å²) >= 11 is 7.82. The molecule has 0 fully saturated rings. The van der Waals surface area contributed by atoms with Crippen LogP contribution in [0.1, 0.15) is 11.3 Å². The number of fused-ring (bicyclic) bond motifs is 1. The summed E-state index contributed by atoms with van der Waals surface area (Å²) in [7, 11) is 3.01. The number of nitrogens with zero attached hydrogens (tertiary/aromatic N) is 4. The highest BCUT2D eigenvalue weighted by Crippen LogP contribution is 2.52. The van der Waals surface area contributed by atoms with Gasteiger partial charge in [0, 0.05) is 35.7 Å². The third-order valence-corrected chi connectivity index (χ3v) is 10.1. The molecule has 1 atom stereocenters. The van der Waals surface area contributed by atoms with E-state index in [-0.39, 0.29) is 42.2 Å². The van der Waals surface area contributed by atoms with E-state index in [4.69, 9.17) is 35.3 Å². The largest absolute Gasteiger partial charge is 0.506 e. The SMILES string of the molecule is COCOc1c(-c2c(-c3ccc(F)cc3)sc3ncnc(O[C@H](Cc4ccccc4OCc4ccnc(-c5ccccc5OC)n4)C(=O)O)c23)ccc(O)c1Cl. The minimum absolute atomic E-state index is 0.0350. The number of carboxylic acids is 1. The Labute approximate surface area is 328 Å². The maximum atomic E-state index is 14.1. The van der Waals surface area contributed by atoms with Gasteiger partial charge in [-0.25, -0.2) is 29.1 Å². The zero-order chi connectivity index (χ0) is 39.2. The number of hydrogen-bond acceptors (Lipinski definition) is 12. The van der Waals surface area contributed by atoms with Crippen molar-refractivity contribution < 1.29 is 43.1 Å². The summed E-state index contributed by atoms with van der Waals surface area (Å²) in [6.07, 6.45) is 1.36. The summed E-state index contributed by atoms with van der Waals surface area (Å²) in [5, 5.41) is 21.3. The summed E-state index contributed by atoms with van der Waals surface area (Å²) in [4.78, 5) is 31.9. The van der Waals surface area contributed by atoms with E-state index in [2.05, 4.69) is 19.9 Å². The standard InChI is InChI=1S/C41H32ClFN4O8S/c1-51-22-54-36-28(15-16-29(48)35(36)42)33-34-39(45-21-46-40(34)56-37(33)23-11-13-25(43)14-12-23)55-32(41(49)50)19-24-7-3-5-9-30(24)53-20-26-17-18-44-38(47-26)27-8-4-6-10-31(27)52-2/h3-18,21,32,48H,19-20,22H2,1-2H3,(H,49,50)/t32-/m1/s1. The fraction of sp³-hybridized carbons (Fsp3) is 0.146. The van der Waals surface area contributed by atoms with Crippen LogP contribution >= 0.6 is 22.9 Å². The molecule has 284 valence electrons. The Bertz CT molecular complexity index is 2520. The maximum Gasteiger partial charge on any atom is 0.345 e. The first-order chi connectivity index (χ1) is 27.2. The summed E-state index contributed by atoms with van der Waals surface area (Å²) in [5.41, 5.74) is 3.36. The highest BCUT2D eigenvalue weighted by Gasteiger charge is 2.29. The minimum Gasteiger partial charge on any atom is -0.506 e. The van der Waals surface area contributed by atoms with Crippen molar-refractivity contribution in [2.24, 2.45) is 0 Å². The number of thiophene rings is 1. The lowest BCUT2D eigenvalue weighted by Crippen LogP contribution is -2.30. The zero-order valence-electron chi connectivity index (χ0n) is 29.8. The van der Waals surface area contributed by atoms with E-state index in [1.54, 1.807) is 61.8 Å². The first-order valence-electron chi connectivity index (χ1n) is 17.0. The van der Waals surface area contributed by atoms with Gasteiger partial charge in [0.25, 0.3) is 0 Å². The van der Waals surface area contributed by atoms with Gasteiger partial charge < -0.3 is 33.9 Å². The molecule has 0 saturated heterocycles. The molecule has 7 rings (SSSR count). The first kappa shape index (κ1) is 37.9. The highest BCUT2D eigenvalue weighted by atomic mass is 35.5. The molecule has 3 aromatic heterocycles. The maximum absolute atomic E-state index is 14.1. The topological polar surface area (TPSA) is 155 Å². The molecule has 0 radical (unpaired) electrons. The smallest absolute Gasteiger partial charge is 0.345 e. The third-order valence-electron chi connectivity index (χ3n) is 8.57. The average Bonchev–Trinajstić information content (AvgIpc) is 3.61. The van der Waals surface area contributed by atoms with Gasteiger partial charge in [0.1, 0.15) is 45.9 Å². The van der Waals surface area contributed by atoms with E-state index >= 15 is 0 Å². The Balaban J connectivity index is 1.23. The number of phenols is 1. The molecule has 0 saturated carbocycles. The highest BCUT2D eigenvalue weighted by molar-refractivity contribution is 7.22. The number of methoxy groups -OCH3 is 2. The fourth-order valence-electron chi connectivity index (χ4n) is 5.97. The fourth-order valence-corrected chi connectivity index (χ4v) is 7.35. The van der Waals surface area contributed by atoms with Crippen molar-refractivity contribution in [2.45, 2.75) is 19.1 Å². The van der Waals surface area contributed by atoms with E-state index < -0.39 is 17.9 Å². The lowest BCUT2D eigenvalue weighted by molar-refractivity contribution is -0.145. The first-order valence-corrected chi connectivity index (χ1v) is 18.2. The predicted octanol–water partition coefficient (Wildman–Crippen LogP) is 8.63. The van der Waals surface area contributed by atoms with Gasteiger partial charge in [-0.15, -0.1) is 11.3 Å². The van der Waals surface area contributed by atoms with Crippen molar-refractivity contribution in [3.63, 3.8) is 0 Å². The van der Waals surface area contributed by atoms with Crippen LogP contribution in [-0.4, -0.2) is 63.2 Å². The molecule has 3 heterocycles. The summed E-state index contributed by atoms with van der Waals surface area (Å²) < 4.78 is 43.0. The Kier molecular flexibility index (Phi) is 11.5. The van der Waals surface area contributed by atoms with Gasteiger partial charge in [-0.3, -0.25) is 0 Å². The van der Waals surface area contributed by atoms with Crippen molar-refractivity contribution >= 4 is 39.1 Å². The molecule has 0 bridgehead atoms. The summed E-state index contributed by atoms with van der Waals surface area (Å²) in [6.45, 7) is -0.132. The van der Waals surface area contributed by atoms with E-state index in [0.29, 0.717) is 60.4 Å². The third kappa shape index (κ3) is 8.03. The number of carboxylic acid groups (broad SMARTS) is 1. The molecule has 0 aliphatic rings. The molecule has 56 heavy (non-hydrogen) atoms. The number of phenolic OH excluding ortho intramolecular Hbond substituents is 1. The van der Waals surface area contributed by atoms with Crippen LogP contribution in [0.3, 0.4) is 0 Å². The van der Waals surface area contributed by atoms with Crippen LogP contribution in [0.25, 0.3) is 43.2 Å². The number of aromatic hydroxyl groups is 1. The number of ether oxygens (including phenoxy) is 5. The average molecular weight is 795 g/mol. The van der Waals surface area contributed by atoms with E-state index in [0.717, 1.165) is 5.56 Å².